The van der Waals surface area contributed by atoms with Crippen molar-refractivity contribution in [1.29, 1.82) is 0 Å². The maximum absolute atomic E-state index is 13.8. The molecule has 3 heterocycles. The summed E-state index contributed by atoms with van der Waals surface area (Å²) < 4.78 is 5.46. The van der Waals surface area contributed by atoms with Gasteiger partial charge in [0, 0.05) is 23.0 Å². The fourth-order valence-corrected chi connectivity index (χ4v) is 5.63. The number of carbonyl (C=O) groups excluding carboxylic acids is 2. The number of aliphatic hydroxyl groups excluding tert-OH is 1. The average Bonchev–Trinajstić information content (AvgIpc) is 3.29. The molecule has 6 rings (SSSR count). The van der Waals surface area contributed by atoms with Gasteiger partial charge in [0.15, 0.2) is 0 Å². The molecule has 3 aromatic carbocycles. The van der Waals surface area contributed by atoms with E-state index in [1.54, 1.807) is 12.0 Å². The molecule has 0 bridgehead atoms. The molecule has 2 N–H and O–H groups in total. The van der Waals surface area contributed by atoms with Crippen LogP contribution in [0.1, 0.15) is 34.5 Å². The van der Waals surface area contributed by atoms with E-state index in [1.165, 1.54) is 4.90 Å². The molecule has 0 saturated carbocycles. The Balaban J connectivity index is 1.42. The van der Waals surface area contributed by atoms with Crippen LogP contribution >= 0.6 is 0 Å². The van der Waals surface area contributed by atoms with Gasteiger partial charge in [-0.2, -0.15) is 0 Å². The number of piperazine rings is 1. The number of hydrogen-bond donors (Lipinski definition) is 2. The highest BCUT2D eigenvalue weighted by molar-refractivity contribution is 5.97. The first-order valence-corrected chi connectivity index (χ1v) is 12.1. The number of nitrogens with zero attached hydrogens (tertiary/aromatic N) is 2. The van der Waals surface area contributed by atoms with Gasteiger partial charge in [0.1, 0.15) is 11.8 Å². The highest BCUT2D eigenvalue weighted by Crippen LogP contribution is 2.43. The van der Waals surface area contributed by atoms with Crippen LogP contribution in [0.3, 0.4) is 0 Å². The molecule has 7 nitrogen and oxygen atoms in total. The van der Waals surface area contributed by atoms with Crippen LogP contribution in [0.5, 0.6) is 5.75 Å². The van der Waals surface area contributed by atoms with Crippen LogP contribution in [-0.4, -0.2) is 57.9 Å². The normalized spacial score (nSPS) is 20.3. The number of aromatic nitrogens is 1. The van der Waals surface area contributed by atoms with Crippen molar-refractivity contribution in [3.63, 3.8) is 0 Å². The Morgan fingerprint density at radius 1 is 1.03 bits per heavy atom. The van der Waals surface area contributed by atoms with Crippen LogP contribution in [-0.2, 0) is 16.0 Å². The largest absolute Gasteiger partial charge is 0.497 e. The van der Waals surface area contributed by atoms with Crippen molar-refractivity contribution in [1.82, 2.24) is 14.8 Å². The molecule has 1 aromatic heterocycles. The van der Waals surface area contributed by atoms with Gasteiger partial charge in [-0.05, 0) is 34.9 Å². The minimum Gasteiger partial charge on any atom is -0.497 e. The summed E-state index contributed by atoms with van der Waals surface area (Å²) in [6.07, 6.45) is -0.446. The topological polar surface area (TPSA) is 85.9 Å². The van der Waals surface area contributed by atoms with Crippen LogP contribution in [0.25, 0.3) is 10.9 Å². The lowest BCUT2D eigenvalue weighted by Crippen LogP contribution is -2.63. The van der Waals surface area contributed by atoms with Crippen molar-refractivity contribution in [2.45, 2.75) is 24.6 Å². The third kappa shape index (κ3) is 3.63. The molecule has 0 radical (unpaired) electrons. The Kier molecular flexibility index (Phi) is 5.49. The molecule has 4 aromatic rings. The van der Waals surface area contributed by atoms with Crippen molar-refractivity contribution in [2.75, 3.05) is 20.2 Å². The molecule has 2 aliphatic rings. The molecule has 1 saturated heterocycles. The SMILES string of the molecule is COc1cccc([C@@H]2c3[nH]c4ccccc4c3C[C@H]3C(=O)N(C[C@H](O)c4ccccc4)CC(=O)N23)c1. The summed E-state index contributed by atoms with van der Waals surface area (Å²) >= 11 is 0. The summed E-state index contributed by atoms with van der Waals surface area (Å²) in [4.78, 5) is 34.3. The maximum atomic E-state index is 13.8. The Labute approximate surface area is 208 Å². The predicted molar refractivity (Wildman–Crippen MR) is 135 cm³/mol. The van der Waals surface area contributed by atoms with Gasteiger partial charge >= 0.3 is 0 Å². The van der Waals surface area contributed by atoms with Gasteiger partial charge in [-0.3, -0.25) is 9.59 Å². The van der Waals surface area contributed by atoms with Crippen LogP contribution in [0.2, 0.25) is 0 Å². The molecule has 0 unspecified atom stereocenters. The number of para-hydroxylation sites is 1. The highest BCUT2D eigenvalue weighted by Gasteiger charge is 2.48. The number of carbonyl (C=O) groups is 2. The number of nitrogens with one attached hydrogen (secondary N) is 1. The van der Waals surface area contributed by atoms with E-state index in [4.69, 9.17) is 4.74 Å². The van der Waals surface area contributed by atoms with Gasteiger partial charge < -0.3 is 24.6 Å². The molecule has 36 heavy (non-hydrogen) atoms. The zero-order valence-corrected chi connectivity index (χ0v) is 19.9. The van der Waals surface area contributed by atoms with Crippen LogP contribution in [0.15, 0.2) is 78.9 Å². The molecule has 2 amide bonds. The molecular formula is C29H27N3O4. The highest BCUT2D eigenvalue weighted by atomic mass is 16.5. The van der Waals surface area contributed by atoms with E-state index in [2.05, 4.69) is 11.1 Å². The Morgan fingerprint density at radius 3 is 2.61 bits per heavy atom. The second-order valence-electron chi connectivity index (χ2n) is 9.41. The molecule has 182 valence electrons. The molecule has 2 aliphatic heterocycles. The standard InChI is InChI=1S/C29H27N3O4/c1-36-20-11-7-10-19(14-20)28-27-22(21-12-5-6-13-23(21)30-27)15-24-29(35)31(17-26(34)32(24)28)16-25(33)18-8-3-2-4-9-18/h2-14,24-25,28,30,33H,15-17H2,1H3/t24-,25-,28+/m0/s1. The fraction of sp³-hybridized carbons (Fsp3) is 0.241. The number of hydrogen-bond acceptors (Lipinski definition) is 4. The van der Waals surface area contributed by atoms with Crippen molar-refractivity contribution in [2.24, 2.45) is 0 Å². The number of aliphatic hydroxyl groups is 1. The van der Waals surface area contributed by atoms with Crippen molar-refractivity contribution in [3.05, 3.63) is 101 Å². The Hall–Kier alpha value is -4.10. The van der Waals surface area contributed by atoms with Gasteiger partial charge in [0.25, 0.3) is 0 Å². The molecule has 0 aliphatic carbocycles. The van der Waals surface area contributed by atoms with E-state index in [0.29, 0.717) is 12.2 Å². The first-order valence-electron chi connectivity index (χ1n) is 12.1. The summed E-state index contributed by atoms with van der Waals surface area (Å²) in [5.41, 5.74) is 4.56. The third-order valence-electron chi connectivity index (χ3n) is 7.33. The number of amides is 2. The van der Waals surface area contributed by atoms with E-state index < -0.39 is 18.2 Å². The summed E-state index contributed by atoms with van der Waals surface area (Å²) in [7, 11) is 1.61. The van der Waals surface area contributed by atoms with Crippen LogP contribution in [0.4, 0.5) is 0 Å². The lowest BCUT2D eigenvalue weighted by atomic mass is 9.86. The van der Waals surface area contributed by atoms with Crippen molar-refractivity contribution in [3.8, 4) is 5.75 Å². The fourth-order valence-electron chi connectivity index (χ4n) is 5.63. The van der Waals surface area contributed by atoms with Crippen LogP contribution in [0, 0.1) is 0 Å². The van der Waals surface area contributed by atoms with Gasteiger partial charge in [-0.15, -0.1) is 0 Å². The number of benzene rings is 3. The summed E-state index contributed by atoms with van der Waals surface area (Å²) in [6.45, 7) is -0.00124. The lowest BCUT2D eigenvalue weighted by molar-refractivity contribution is -0.159. The number of fused-ring (bicyclic) bond motifs is 4. The number of rotatable bonds is 5. The zero-order chi connectivity index (χ0) is 24.8. The van der Waals surface area contributed by atoms with Crippen LogP contribution < -0.4 is 4.74 Å². The van der Waals surface area contributed by atoms with E-state index in [0.717, 1.165) is 33.3 Å². The number of ether oxygens (including phenoxy) is 1. The van der Waals surface area contributed by atoms with Gasteiger partial charge in [0.05, 0.1) is 32.3 Å². The second-order valence-corrected chi connectivity index (χ2v) is 9.41. The minimum atomic E-state index is -0.865. The summed E-state index contributed by atoms with van der Waals surface area (Å²) in [6, 6.07) is 23.8. The lowest BCUT2D eigenvalue weighted by Gasteiger charge is -2.47. The molecule has 0 spiro atoms. The smallest absolute Gasteiger partial charge is 0.246 e. The van der Waals surface area contributed by atoms with E-state index >= 15 is 0 Å². The first-order chi connectivity index (χ1) is 17.5. The van der Waals surface area contributed by atoms with Gasteiger partial charge in [-0.25, -0.2) is 0 Å². The van der Waals surface area contributed by atoms with E-state index in [-0.39, 0.29) is 24.9 Å². The summed E-state index contributed by atoms with van der Waals surface area (Å²) in [5.74, 6) is 0.404. The first kappa shape index (κ1) is 22.4. The third-order valence-corrected chi connectivity index (χ3v) is 7.33. The molecule has 3 atom stereocenters. The number of methoxy groups -OCH3 is 1. The van der Waals surface area contributed by atoms with Gasteiger partial charge in [0.2, 0.25) is 11.8 Å². The monoisotopic (exact) mass is 481 g/mol. The quantitative estimate of drug-likeness (QED) is 0.456. The number of H-pyrrole nitrogens is 1. The Morgan fingerprint density at radius 2 is 1.81 bits per heavy atom. The van der Waals surface area contributed by atoms with Crippen molar-refractivity contribution < 1.29 is 19.4 Å². The van der Waals surface area contributed by atoms with E-state index in [1.807, 2.05) is 72.8 Å². The minimum absolute atomic E-state index is 0.0729. The number of β-amino-alcohol motifs (C(OH)–C–C–N with tert-alkyl or cyclic N) is 1. The second kappa shape index (κ2) is 8.84. The Bertz CT molecular complexity index is 1450. The summed E-state index contributed by atoms with van der Waals surface area (Å²) in [5, 5.41) is 11.8. The molecular weight excluding hydrogens is 454 g/mol. The predicted octanol–water partition coefficient (Wildman–Crippen LogP) is 3.60. The van der Waals surface area contributed by atoms with E-state index in [9.17, 15) is 14.7 Å². The number of aromatic amines is 1. The van der Waals surface area contributed by atoms with Crippen molar-refractivity contribution >= 4 is 22.7 Å². The van der Waals surface area contributed by atoms with Gasteiger partial charge in [-0.1, -0.05) is 60.7 Å². The maximum Gasteiger partial charge on any atom is 0.246 e. The average molecular weight is 482 g/mol. The molecule has 1 fully saturated rings. The molecule has 7 heteroatoms. The zero-order valence-electron chi connectivity index (χ0n) is 19.9.